The lowest BCUT2D eigenvalue weighted by molar-refractivity contribution is 0.0708. The molecule has 0 saturated carbocycles. The normalized spacial score (nSPS) is 18.1. The molecule has 6 heteroatoms. The summed E-state index contributed by atoms with van der Waals surface area (Å²) in [6.07, 6.45) is 0. The molecular formula is C14H21ClN2O3. The van der Waals surface area contributed by atoms with Crippen LogP contribution in [0.15, 0.2) is 18.2 Å². The van der Waals surface area contributed by atoms with Gasteiger partial charge in [0.05, 0.1) is 14.2 Å². The molecule has 0 aliphatic carbocycles. The Labute approximate surface area is 125 Å². The number of nitrogens with one attached hydrogen (secondary N) is 1. The van der Waals surface area contributed by atoms with Gasteiger partial charge in [-0.3, -0.25) is 4.79 Å². The maximum absolute atomic E-state index is 12.4. The molecule has 1 fully saturated rings. The lowest BCUT2D eigenvalue weighted by Gasteiger charge is -2.32. The van der Waals surface area contributed by atoms with Crippen molar-refractivity contribution in [2.45, 2.75) is 13.0 Å². The highest BCUT2D eigenvalue weighted by Gasteiger charge is 2.22. The minimum absolute atomic E-state index is 0. The number of carbonyl (C=O) groups is 1. The Balaban J connectivity index is 0.00000200. The molecule has 0 aromatic heterocycles. The van der Waals surface area contributed by atoms with Crippen molar-refractivity contribution in [2.75, 3.05) is 33.9 Å². The van der Waals surface area contributed by atoms with E-state index >= 15 is 0 Å². The van der Waals surface area contributed by atoms with E-state index in [4.69, 9.17) is 9.47 Å². The van der Waals surface area contributed by atoms with Crippen molar-refractivity contribution in [1.29, 1.82) is 0 Å². The number of piperazine rings is 1. The van der Waals surface area contributed by atoms with Gasteiger partial charge in [0.2, 0.25) is 0 Å². The minimum Gasteiger partial charge on any atom is -0.493 e. The molecule has 1 N–H and O–H groups in total. The van der Waals surface area contributed by atoms with Crippen LogP contribution in [0.3, 0.4) is 0 Å². The molecule has 1 aromatic carbocycles. The molecule has 0 unspecified atom stereocenters. The second-order valence-corrected chi connectivity index (χ2v) is 4.68. The van der Waals surface area contributed by atoms with Crippen LogP contribution in [-0.2, 0) is 0 Å². The predicted octanol–water partition coefficient (Wildman–Crippen LogP) is 1.56. The smallest absolute Gasteiger partial charge is 0.254 e. The molecule has 20 heavy (non-hydrogen) atoms. The van der Waals surface area contributed by atoms with Gasteiger partial charge >= 0.3 is 0 Å². The van der Waals surface area contributed by atoms with E-state index in [1.165, 1.54) is 0 Å². The van der Waals surface area contributed by atoms with Crippen LogP contribution in [0, 0.1) is 0 Å². The Kier molecular flexibility index (Phi) is 6.10. The summed E-state index contributed by atoms with van der Waals surface area (Å²) >= 11 is 0. The molecule has 0 bridgehead atoms. The monoisotopic (exact) mass is 300 g/mol. The Bertz CT molecular complexity index is 468. The summed E-state index contributed by atoms with van der Waals surface area (Å²) in [5.41, 5.74) is 0.631. The van der Waals surface area contributed by atoms with Crippen LogP contribution in [0.5, 0.6) is 11.5 Å². The van der Waals surface area contributed by atoms with E-state index in [1.807, 2.05) is 4.90 Å². The number of nitrogens with zero attached hydrogens (tertiary/aromatic N) is 1. The molecule has 112 valence electrons. The highest BCUT2D eigenvalue weighted by molar-refractivity contribution is 5.95. The summed E-state index contributed by atoms with van der Waals surface area (Å²) in [6.45, 7) is 4.37. The third kappa shape index (κ3) is 3.55. The van der Waals surface area contributed by atoms with E-state index < -0.39 is 0 Å². The number of ether oxygens (including phenoxy) is 2. The van der Waals surface area contributed by atoms with Crippen LogP contribution >= 0.6 is 12.4 Å². The average Bonchev–Trinajstić information content (AvgIpc) is 2.45. The fourth-order valence-corrected chi connectivity index (χ4v) is 2.27. The fourth-order valence-electron chi connectivity index (χ4n) is 2.27. The van der Waals surface area contributed by atoms with E-state index in [9.17, 15) is 4.79 Å². The van der Waals surface area contributed by atoms with E-state index in [-0.39, 0.29) is 18.3 Å². The third-order valence-electron chi connectivity index (χ3n) is 3.29. The Morgan fingerprint density at radius 1 is 1.30 bits per heavy atom. The van der Waals surface area contributed by atoms with E-state index in [0.717, 1.165) is 19.6 Å². The first-order valence-corrected chi connectivity index (χ1v) is 6.40. The number of hydrogen-bond donors (Lipinski definition) is 1. The second-order valence-electron chi connectivity index (χ2n) is 4.68. The molecule has 1 amide bonds. The van der Waals surface area contributed by atoms with Gasteiger partial charge in [-0.25, -0.2) is 0 Å². The predicted molar refractivity (Wildman–Crippen MR) is 80.2 cm³/mol. The van der Waals surface area contributed by atoms with Crippen molar-refractivity contribution in [2.24, 2.45) is 0 Å². The summed E-state index contributed by atoms with van der Waals surface area (Å²) in [5, 5.41) is 3.32. The zero-order chi connectivity index (χ0) is 13.8. The fraction of sp³-hybridized carbons (Fsp3) is 0.500. The molecule has 1 saturated heterocycles. The maximum Gasteiger partial charge on any atom is 0.254 e. The van der Waals surface area contributed by atoms with Gasteiger partial charge < -0.3 is 19.7 Å². The minimum atomic E-state index is 0. The molecule has 0 spiro atoms. The standard InChI is InChI=1S/C14H20N2O3.ClH/c1-10-9-16(7-6-15-10)14(17)11-4-5-12(18-2)13(8-11)19-3;/h4-5,8,10,15H,6-7,9H2,1-3H3;1H/t10-;/m0./s1. The summed E-state index contributed by atoms with van der Waals surface area (Å²) in [5.74, 6) is 1.25. The van der Waals surface area contributed by atoms with Gasteiger partial charge in [-0.2, -0.15) is 0 Å². The number of carbonyl (C=O) groups excluding carboxylic acids is 1. The lowest BCUT2D eigenvalue weighted by atomic mass is 10.1. The maximum atomic E-state index is 12.4. The van der Waals surface area contributed by atoms with E-state index in [0.29, 0.717) is 23.1 Å². The summed E-state index contributed by atoms with van der Waals surface area (Å²) < 4.78 is 10.4. The number of benzene rings is 1. The van der Waals surface area contributed by atoms with Gasteiger partial charge in [-0.05, 0) is 25.1 Å². The topological polar surface area (TPSA) is 50.8 Å². The molecule has 1 aliphatic heterocycles. The third-order valence-corrected chi connectivity index (χ3v) is 3.29. The van der Waals surface area contributed by atoms with Crippen LogP contribution in [0.4, 0.5) is 0 Å². The quantitative estimate of drug-likeness (QED) is 0.920. The van der Waals surface area contributed by atoms with Gasteiger partial charge in [0.15, 0.2) is 11.5 Å². The van der Waals surface area contributed by atoms with E-state index in [1.54, 1.807) is 32.4 Å². The Morgan fingerprint density at radius 2 is 2.00 bits per heavy atom. The van der Waals surface area contributed by atoms with Crippen LogP contribution in [0.25, 0.3) is 0 Å². The molecule has 1 aromatic rings. The summed E-state index contributed by atoms with van der Waals surface area (Å²) in [4.78, 5) is 14.3. The number of halogens is 1. The molecule has 0 radical (unpaired) electrons. The number of rotatable bonds is 3. The molecule has 1 aliphatic rings. The molecular weight excluding hydrogens is 280 g/mol. The molecule has 1 heterocycles. The largest absolute Gasteiger partial charge is 0.493 e. The van der Waals surface area contributed by atoms with Gasteiger partial charge in [-0.15, -0.1) is 12.4 Å². The first kappa shape index (κ1) is 16.6. The van der Waals surface area contributed by atoms with Crippen LogP contribution < -0.4 is 14.8 Å². The van der Waals surface area contributed by atoms with Gasteiger partial charge in [0.1, 0.15) is 0 Å². The van der Waals surface area contributed by atoms with Crippen molar-refractivity contribution in [1.82, 2.24) is 10.2 Å². The average molecular weight is 301 g/mol. The first-order valence-electron chi connectivity index (χ1n) is 6.40. The zero-order valence-electron chi connectivity index (χ0n) is 12.0. The summed E-state index contributed by atoms with van der Waals surface area (Å²) in [7, 11) is 3.15. The Hall–Kier alpha value is -1.46. The SMILES string of the molecule is COc1ccc(C(=O)N2CCN[C@@H](C)C2)cc1OC.Cl. The number of methoxy groups -OCH3 is 2. The Morgan fingerprint density at radius 3 is 2.60 bits per heavy atom. The van der Waals surface area contributed by atoms with Gasteiger partial charge in [0, 0.05) is 31.2 Å². The van der Waals surface area contributed by atoms with Crippen LogP contribution in [-0.4, -0.2) is 50.7 Å². The molecule has 1 atom stereocenters. The number of amides is 1. The highest BCUT2D eigenvalue weighted by atomic mass is 35.5. The van der Waals surface area contributed by atoms with Crippen LogP contribution in [0.1, 0.15) is 17.3 Å². The zero-order valence-corrected chi connectivity index (χ0v) is 12.8. The molecule has 5 nitrogen and oxygen atoms in total. The van der Waals surface area contributed by atoms with Crippen LogP contribution in [0.2, 0.25) is 0 Å². The van der Waals surface area contributed by atoms with Crippen molar-refractivity contribution < 1.29 is 14.3 Å². The van der Waals surface area contributed by atoms with Gasteiger partial charge in [0.25, 0.3) is 5.91 Å². The van der Waals surface area contributed by atoms with Crippen molar-refractivity contribution >= 4 is 18.3 Å². The van der Waals surface area contributed by atoms with Gasteiger partial charge in [-0.1, -0.05) is 0 Å². The van der Waals surface area contributed by atoms with Crippen molar-refractivity contribution in [3.8, 4) is 11.5 Å². The second kappa shape index (κ2) is 7.36. The van der Waals surface area contributed by atoms with E-state index in [2.05, 4.69) is 12.2 Å². The number of hydrogen-bond acceptors (Lipinski definition) is 4. The lowest BCUT2D eigenvalue weighted by Crippen LogP contribution is -2.51. The summed E-state index contributed by atoms with van der Waals surface area (Å²) in [6, 6.07) is 5.60. The van der Waals surface area contributed by atoms with Crippen molar-refractivity contribution in [3.63, 3.8) is 0 Å². The molecule has 2 rings (SSSR count). The highest BCUT2D eigenvalue weighted by Crippen LogP contribution is 2.28. The first-order chi connectivity index (χ1) is 9.15. The van der Waals surface area contributed by atoms with Crippen molar-refractivity contribution in [3.05, 3.63) is 23.8 Å².